The van der Waals surface area contributed by atoms with Crippen LogP contribution < -0.4 is 15.8 Å². The highest BCUT2D eigenvalue weighted by molar-refractivity contribution is 5.91. The number of hydrogen-bond acceptors (Lipinski definition) is 5. The van der Waals surface area contributed by atoms with Gasteiger partial charge in [0.05, 0.1) is 12.1 Å². The fraction of sp³-hybridized carbons (Fsp3) is 0.438. The topological polar surface area (TPSA) is 92.4 Å². The Labute approximate surface area is 138 Å². The maximum Gasteiger partial charge on any atom is 0.352 e. The van der Waals surface area contributed by atoms with E-state index in [-0.39, 0.29) is 11.3 Å². The number of aromatic nitrogens is 3. The lowest BCUT2D eigenvalue weighted by Gasteiger charge is -2.28. The van der Waals surface area contributed by atoms with E-state index < -0.39 is 5.97 Å². The van der Waals surface area contributed by atoms with Crippen molar-refractivity contribution in [1.29, 1.82) is 0 Å². The minimum Gasteiger partial charge on any atom is -0.477 e. The van der Waals surface area contributed by atoms with Crippen molar-refractivity contribution < 1.29 is 9.90 Å². The average Bonchev–Trinajstić information content (AvgIpc) is 2.95. The Kier molecular flexibility index (Phi) is 4.27. The summed E-state index contributed by atoms with van der Waals surface area (Å²) in [5.41, 5.74) is 0.322. The van der Waals surface area contributed by atoms with Crippen LogP contribution in [0.1, 0.15) is 17.4 Å². The number of pyridine rings is 1. The molecule has 2 aromatic rings. The molecule has 0 spiro atoms. The van der Waals surface area contributed by atoms with Gasteiger partial charge in [0.1, 0.15) is 11.2 Å². The third kappa shape index (κ3) is 2.63. The van der Waals surface area contributed by atoms with Crippen LogP contribution in [-0.4, -0.2) is 51.4 Å². The van der Waals surface area contributed by atoms with Gasteiger partial charge in [-0.3, -0.25) is 9.36 Å². The van der Waals surface area contributed by atoms with E-state index in [1.807, 2.05) is 0 Å². The number of anilines is 1. The van der Waals surface area contributed by atoms with Crippen LogP contribution in [0.2, 0.25) is 0 Å². The number of nitrogens with one attached hydrogen (secondary N) is 1. The zero-order valence-electron chi connectivity index (χ0n) is 13.7. The maximum atomic E-state index is 12.7. The molecular weight excluding hydrogens is 310 g/mol. The van der Waals surface area contributed by atoms with Crippen molar-refractivity contribution in [2.75, 3.05) is 31.1 Å². The van der Waals surface area contributed by atoms with E-state index in [0.29, 0.717) is 23.5 Å². The molecule has 3 rings (SSSR count). The molecule has 2 aromatic heterocycles. The van der Waals surface area contributed by atoms with Crippen molar-refractivity contribution in [3.8, 4) is 11.8 Å². The van der Waals surface area contributed by atoms with Crippen LogP contribution >= 0.6 is 0 Å². The van der Waals surface area contributed by atoms with Crippen molar-refractivity contribution in [3.05, 3.63) is 22.1 Å². The Morgan fingerprint density at radius 1 is 1.42 bits per heavy atom. The molecule has 0 unspecified atom stereocenters. The largest absolute Gasteiger partial charge is 0.477 e. The van der Waals surface area contributed by atoms with Crippen molar-refractivity contribution >= 4 is 23.0 Å². The highest BCUT2D eigenvalue weighted by atomic mass is 16.4. The normalized spacial score (nSPS) is 14.5. The number of carboxylic acid groups (broad SMARTS) is 1. The summed E-state index contributed by atoms with van der Waals surface area (Å²) < 4.78 is 2.93. The molecule has 0 bridgehead atoms. The third-order valence-electron chi connectivity index (χ3n) is 4.15. The highest BCUT2D eigenvalue weighted by Gasteiger charge is 2.23. The molecule has 8 heteroatoms. The van der Waals surface area contributed by atoms with Crippen LogP contribution in [0.5, 0.6) is 0 Å². The van der Waals surface area contributed by atoms with Crippen molar-refractivity contribution in [3.63, 3.8) is 0 Å². The SMILES string of the molecule is CC#CCn1c(N2CCNCC2)nc2cc(C(=O)O)n(C)c(=O)c21. The number of carbonyl (C=O) groups is 1. The molecule has 0 saturated carbocycles. The van der Waals surface area contributed by atoms with E-state index in [9.17, 15) is 14.7 Å². The number of carboxylic acids is 1. The molecule has 0 atom stereocenters. The van der Waals surface area contributed by atoms with Crippen LogP contribution in [0.25, 0.3) is 11.0 Å². The molecule has 0 aliphatic carbocycles. The van der Waals surface area contributed by atoms with Gasteiger partial charge in [0.2, 0.25) is 5.95 Å². The van der Waals surface area contributed by atoms with E-state index in [4.69, 9.17) is 0 Å². The second kappa shape index (κ2) is 6.37. The summed E-state index contributed by atoms with van der Waals surface area (Å²) in [4.78, 5) is 30.7. The van der Waals surface area contributed by atoms with Crippen molar-refractivity contribution in [2.45, 2.75) is 13.5 Å². The molecule has 0 radical (unpaired) electrons. The molecule has 8 nitrogen and oxygen atoms in total. The van der Waals surface area contributed by atoms with Crippen LogP contribution in [0, 0.1) is 11.8 Å². The third-order valence-corrected chi connectivity index (χ3v) is 4.15. The molecule has 0 amide bonds. The fourth-order valence-electron chi connectivity index (χ4n) is 2.90. The van der Waals surface area contributed by atoms with Gasteiger partial charge in [-0.2, -0.15) is 0 Å². The summed E-state index contributed by atoms with van der Waals surface area (Å²) in [5, 5.41) is 12.6. The van der Waals surface area contributed by atoms with Crippen LogP contribution in [0.15, 0.2) is 10.9 Å². The van der Waals surface area contributed by atoms with Gasteiger partial charge in [-0.25, -0.2) is 9.78 Å². The van der Waals surface area contributed by atoms with Crippen LogP contribution in [0.3, 0.4) is 0 Å². The number of fused-ring (bicyclic) bond motifs is 1. The van der Waals surface area contributed by atoms with E-state index in [0.717, 1.165) is 30.7 Å². The lowest BCUT2D eigenvalue weighted by molar-refractivity contribution is 0.0685. The van der Waals surface area contributed by atoms with Gasteiger partial charge >= 0.3 is 5.97 Å². The lowest BCUT2D eigenvalue weighted by atomic mass is 10.3. The van der Waals surface area contributed by atoms with Gasteiger partial charge in [0, 0.05) is 33.2 Å². The Balaban J connectivity index is 2.26. The molecule has 1 aliphatic heterocycles. The molecule has 24 heavy (non-hydrogen) atoms. The molecule has 0 aromatic carbocycles. The Bertz CT molecular complexity index is 910. The molecule has 1 fully saturated rings. The molecule has 126 valence electrons. The first-order valence-electron chi connectivity index (χ1n) is 7.73. The number of rotatable bonds is 3. The summed E-state index contributed by atoms with van der Waals surface area (Å²) in [6.45, 7) is 5.30. The number of piperazine rings is 1. The van der Waals surface area contributed by atoms with Gasteiger partial charge in [-0.1, -0.05) is 5.92 Å². The quantitative estimate of drug-likeness (QED) is 0.762. The second-order valence-electron chi connectivity index (χ2n) is 5.59. The fourth-order valence-corrected chi connectivity index (χ4v) is 2.90. The predicted molar refractivity (Wildman–Crippen MR) is 90.5 cm³/mol. The number of nitrogens with zero attached hydrogens (tertiary/aromatic N) is 4. The van der Waals surface area contributed by atoms with Gasteiger partial charge in [0.25, 0.3) is 5.56 Å². The molecule has 2 N–H and O–H groups in total. The van der Waals surface area contributed by atoms with Gasteiger partial charge < -0.3 is 19.9 Å². The Morgan fingerprint density at radius 3 is 2.75 bits per heavy atom. The first kappa shape index (κ1) is 16.1. The van der Waals surface area contributed by atoms with E-state index >= 15 is 0 Å². The molecule has 1 aliphatic rings. The van der Waals surface area contributed by atoms with E-state index in [2.05, 4.69) is 27.0 Å². The summed E-state index contributed by atoms with van der Waals surface area (Å²) >= 11 is 0. The van der Waals surface area contributed by atoms with Gasteiger partial charge in [0.15, 0.2) is 0 Å². The highest BCUT2D eigenvalue weighted by Crippen LogP contribution is 2.21. The summed E-state index contributed by atoms with van der Waals surface area (Å²) in [5.74, 6) is 5.32. The Hall–Kier alpha value is -2.79. The summed E-state index contributed by atoms with van der Waals surface area (Å²) in [6.07, 6.45) is 0. The van der Waals surface area contributed by atoms with Crippen molar-refractivity contribution in [2.24, 2.45) is 7.05 Å². The lowest BCUT2D eigenvalue weighted by Crippen LogP contribution is -2.44. The minimum absolute atomic E-state index is 0.0782. The van der Waals surface area contributed by atoms with Gasteiger partial charge in [-0.05, 0) is 13.0 Å². The van der Waals surface area contributed by atoms with Crippen molar-refractivity contribution in [1.82, 2.24) is 19.4 Å². The zero-order chi connectivity index (χ0) is 17.3. The van der Waals surface area contributed by atoms with E-state index in [1.165, 1.54) is 13.1 Å². The first-order chi connectivity index (χ1) is 11.5. The van der Waals surface area contributed by atoms with E-state index in [1.54, 1.807) is 11.5 Å². The zero-order valence-corrected chi connectivity index (χ0v) is 13.7. The molecular formula is C16H19N5O3. The number of hydrogen-bond donors (Lipinski definition) is 2. The summed E-state index contributed by atoms with van der Waals surface area (Å²) in [7, 11) is 1.46. The minimum atomic E-state index is -1.15. The first-order valence-corrected chi connectivity index (χ1v) is 7.73. The van der Waals surface area contributed by atoms with Crippen LogP contribution in [-0.2, 0) is 13.6 Å². The maximum absolute atomic E-state index is 12.7. The standard InChI is InChI=1S/C16H19N5O3/c1-3-4-7-21-13-11(10-12(15(23)24)19(2)14(13)22)18-16(21)20-8-5-17-6-9-20/h10,17H,5-9H2,1-2H3,(H,23,24). The molecule has 1 saturated heterocycles. The average molecular weight is 329 g/mol. The van der Waals surface area contributed by atoms with Gasteiger partial charge in [-0.15, -0.1) is 5.92 Å². The second-order valence-corrected chi connectivity index (χ2v) is 5.59. The smallest absolute Gasteiger partial charge is 0.352 e. The van der Waals surface area contributed by atoms with Crippen LogP contribution in [0.4, 0.5) is 5.95 Å². The monoisotopic (exact) mass is 329 g/mol. The predicted octanol–water partition coefficient (Wildman–Crippen LogP) is -0.134. The summed E-state index contributed by atoms with van der Waals surface area (Å²) in [6, 6.07) is 1.45. The number of aromatic carboxylic acids is 1. The number of imidazole rings is 1. The Morgan fingerprint density at radius 2 is 2.12 bits per heavy atom. The molecule has 3 heterocycles.